The summed E-state index contributed by atoms with van der Waals surface area (Å²) < 4.78 is 4.23. The molecule has 0 amide bonds. The van der Waals surface area contributed by atoms with Crippen LogP contribution >= 0.6 is 0 Å². The third kappa shape index (κ3) is 2.21. The van der Waals surface area contributed by atoms with Crippen molar-refractivity contribution in [2.45, 2.75) is 13.5 Å². The molecule has 0 radical (unpaired) electrons. The fourth-order valence-corrected chi connectivity index (χ4v) is 2.42. The van der Waals surface area contributed by atoms with Crippen molar-refractivity contribution >= 4 is 5.65 Å². The molecule has 0 bridgehead atoms. The third-order valence-corrected chi connectivity index (χ3v) is 3.39. The van der Waals surface area contributed by atoms with Crippen LogP contribution in [-0.4, -0.2) is 51.8 Å². The predicted octanol–water partition coefficient (Wildman–Crippen LogP) is 0.349. The molecule has 0 atom stereocenters. The summed E-state index contributed by atoms with van der Waals surface area (Å²) in [6, 6.07) is 2.14. The van der Waals surface area contributed by atoms with Gasteiger partial charge in [0.25, 0.3) is 0 Å². The number of aromatic nitrogens is 3. The molecule has 0 spiro atoms. The molecular weight excluding hydrogens is 214 g/mol. The fraction of sp³-hybridized carbons (Fsp3) is 0.583. The van der Waals surface area contributed by atoms with Crippen LogP contribution in [0.5, 0.6) is 0 Å². The zero-order valence-corrected chi connectivity index (χ0v) is 10.3. The van der Waals surface area contributed by atoms with E-state index in [2.05, 4.69) is 32.1 Å². The molecule has 1 aliphatic heterocycles. The van der Waals surface area contributed by atoms with Gasteiger partial charge in [-0.15, -0.1) is 0 Å². The maximum absolute atomic E-state index is 4.40. The first-order valence-corrected chi connectivity index (χ1v) is 6.27. The Labute approximate surface area is 101 Å². The van der Waals surface area contributed by atoms with Crippen LogP contribution in [0.15, 0.2) is 18.5 Å². The van der Waals surface area contributed by atoms with Crippen LogP contribution in [0.25, 0.3) is 5.65 Å². The Bertz CT molecular complexity index is 492. The highest BCUT2D eigenvalue weighted by Gasteiger charge is 2.10. The van der Waals surface area contributed by atoms with Gasteiger partial charge >= 0.3 is 0 Å². The quantitative estimate of drug-likeness (QED) is 0.831. The number of aryl methyl sites for hydroxylation is 1. The Morgan fingerprint density at radius 3 is 2.88 bits per heavy atom. The molecule has 0 aromatic carbocycles. The van der Waals surface area contributed by atoms with Crippen LogP contribution in [0, 0.1) is 6.92 Å². The molecule has 5 nitrogen and oxygen atoms in total. The minimum Gasteiger partial charge on any atom is -0.330 e. The van der Waals surface area contributed by atoms with Crippen molar-refractivity contribution in [2.24, 2.45) is 0 Å². The van der Waals surface area contributed by atoms with Gasteiger partial charge in [-0.3, -0.25) is 4.90 Å². The van der Waals surface area contributed by atoms with Crippen LogP contribution in [0.1, 0.15) is 5.69 Å². The van der Waals surface area contributed by atoms with E-state index in [1.807, 2.05) is 17.6 Å². The molecule has 1 N–H and O–H groups in total. The van der Waals surface area contributed by atoms with E-state index in [-0.39, 0.29) is 0 Å². The topological polar surface area (TPSA) is 37.5 Å². The lowest BCUT2D eigenvalue weighted by Crippen LogP contribution is -2.44. The number of hydrogen-bond acceptors (Lipinski definition) is 3. The first-order chi connectivity index (χ1) is 8.33. The molecule has 1 fully saturated rings. The minimum atomic E-state index is 1.04. The number of rotatable bonds is 3. The van der Waals surface area contributed by atoms with Gasteiger partial charge in [-0.1, -0.05) is 0 Å². The standard InChI is InChI=1S/C12H19N5/c1-11-10-12-16(8-9-17(12)14-11)7-6-15-4-2-13-3-5-15/h8-10,13H,2-7H2,1H3. The van der Waals surface area contributed by atoms with Crippen molar-refractivity contribution in [1.82, 2.24) is 24.4 Å². The first-order valence-electron chi connectivity index (χ1n) is 6.27. The summed E-state index contributed by atoms with van der Waals surface area (Å²) in [6.45, 7) is 8.76. The second kappa shape index (κ2) is 4.50. The number of nitrogens with one attached hydrogen (secondary N) is 1. The third-order valence-electron chi connectivity index (χ3n) is 3.39. The Morgan fingerprint density at radius 2 is 2.06 bits per heavy atom. The van der Waals surface area contributed by atoms with Gasteiger partial charge in [0.1, 0.15) is 5.65 Å². The highest BCUT2D eigenvalue weighted by atomic mass is 15.3. The summed E-state index contributed by atoms with van der Waals surface area (Å²) in [7, 11) is 0. The molecule has 0 unspecified atom stereocenters. The SMILES string of the molecule is Cc1cc2n(CCN3CCNCC3)ccn2n1. The Morgan fingerprint density at radius 1 is 1.24 bits per heavy atom. The number of hydrogen-bond donors (Lipinski definition) is 1. The van der Waals surface area contributed by atoms with Gasteiger partial charge in [0.2, 0.25) is 0 Å². The van der Waals surface area contributed by atoms with Crippen molar-refractivity contribution in [3.8, 4) is 0 Å². The van der Waals surface area contributed by atoms with E-state index in [4.69, 9.17) is 0 Å². The van der Waals surface area contributed by atoms with Gasteiger partial charge in [-0.2, -0.15) is 5.10 Å². The molecule has 2 aromatic heterocycles. The van der Waals surface area contributed by atoms with E-state index >= 15 is 0 Å². The van der Waals surface area contributed by atoms with Gasteiger partial charge in [-0.25, -0.2) is 4.52 Å². The zero-order valence-electron chi connectivity index (χ0n) is 10.3. The Kier molecular flexibility index (Phi) is 2.86. The molecule has 3 rings (SSSR count). The van der Waals surface area contributed by atoms with E-state index in [0.717, 1.165) is 45.0 Å². The Hall–Kier alpha value is -1.33. The lowest BCUT2D eigenvalue weighted by molar-refractivity contribution is 0.233. The summed E-state index contributed by atoms with van der Waals surface area (Å²) in [6.07, 6.45) is 4.14. The normalized spacial score (nSPS) is 17.9. The van der Waals surface area contributed by atoms with Gasteiger partial charge < -0.3 is 9.88 Å². The summed E-state index contributed by atoms with van der Waals surface area (Å²) in [5, 5.41) is 7.78. The number of imidazole rings is 1. The monoisotopic (exact) mass is 233 g/mol. The van der Waals surface area contributed by atoms with Crippen molar-refractivity contribution in [3.05, 3.63) is 24.2 Å². The smallest absolute Gasteiger partial charge is 0.136 e. The lowest BCUT2D eigenvalue weighted by Gasteiger charge is -2.27. The van der Waals surface area contributed by atoms with E-state index in [1.165, 1.54) is 5.65 Å². The lowest BCUT2D eigenvalue weighted by atomic mass is 10.3. The van der Waals surface area contributed by atoms with Crippen molar-refractivity contribution < 1.29 is 0 Å². The van der Waals surface area contributed by atoms with Gasteiger partial charge in [-0.05, 0) is 6.92 Å². The predicted molar refractivity (Wildman–Crippen MR) is 67.2 cm³/mol. The molecular formula is C12H19N5. The van der Waals surface area contributed by atoms with E-state index in [1.54, 1.807) is 0 Å². The minimum absolute atomic E-state index is 1.04. The second-order valence-electron chi connectivity index (χ2n) is 4.67. The van der Waals surface area contributed by atoms with E-state index in [9.17, 15) is 0 Å². The van der Waals surface area contributed by atoms with Crippen LogP contribution in [0.3, 0.4) is 0 Å². The molecule has 2 aromatic rings. The highest BCUT2D eigenvalue weighted by molar-refractivity contribution is 5.40. The maximum atomic E-state index is 4.40. The first kappa shape index (κ1) is 10.8. The van der Waals surface area contributed by atoms with Gasteiger partial charge in [0.15, 0.2) is 0 Å². The average molecular weight is 233 g/mol. The molecule has 92 valence electrons. The van der Waals surface area contributed by atoms with Crippen LogP contribution < -0.4 is 5.32 Å². The molecule has 0 saturated carbocycles. The number of nitrogens with zero attached hydrogens (tertiary/aromatic N) is 4. The largest absolute Gasteiger partial charge is 0.330 e. The van der Waals surface area contributed by atoms with E-state index < -0.39 is 0 Å². The second-order valence-corrected chi connectivity index (χ2v) is 4.67. The molecule has 0 aliphatic carbocycles. The van der Waals surface area contributed by atoms with Crippen molar-refractivity contribution in [3.63, 3.8) is 0 Å². The zero-order chi connectivity index (χ0) is 11.7. The molecule has 1 aliphatic rings. The summed E-state index contributed by atoms with van der Waals surface area (Å²) in [4.78, 5) is 2.51. The Balaban J connectivity index is 1.67. The van der Waals surface area contributed by atoms with Crippen LogP contribution in [-0.2, 0) is 6.54 Å². The van der Waals surface area contributed by atoms with Gasteiger partial charge in [0, 0.05) is 57.7 Å². The summed E-state index contributed by atoms with van der Waals surface area (Å²) >= 11 is 0. The van der Waals surface area contributed by atoms with Crippen molar-refractivity contribution in [1.29, 1.82) is 0 Å². The van der Waals surface area contributed by atoms with Gasteiger partial charge in [0.05, 0.1) is 5.69 Å². The highest BCUT2D eigenvalue weighted by Crippen LogP contribution is 2.07. The maximum Gasteiger partial charge on any atom is 0.136 e. The molecule has 5 heteroatoms. The van der Waals surface area contributed by atoms with Crippen LogP contribution in [0.2, 0.25) is 0 Å². The molecule has 3 heterocycles. The summed E-state index contributed by atoms with van der Waals surface area (Å²) in [5.41, 5.74) is 2.27. The number of fused-ring (bicyclic) bond motifs is 1. The van der Waals surface area contributed by atoms with Crippen LogP contribution in [0.4, 0.5) is 0 Å². The fourth-order valence-electron chi connectivity index (χ4n) is 2.42. The number of piperazine rings is 1. The van der Waals surface area contributed by atoms with E-state index in [0.29, 0.717) is 0 Å². The molecule has 17 heavy (non-hydrogen) atoms. The molecule has 1 saturated heterocycles. The summed E-state index contributed by atoms with van der Waals surface area (Å²) in [5.74, 6) is 0. The van der Waals surface area contributed by atoms with Crippen molar-refractivity contribution in [2.75, 3.05) is 32.7 Å². The average Bonchev–Trinajstić information content (AvgIpc) is 2.87.